The van der Waals surface area contributed by atoms with E-state index in [9.17, 15) is 9.90 Å². The maximum atomic E-state index is 10.9. The first-order valence-corrected chi connectivity index (χ1v) is 4.74. The number of carbonyl (C=O) groups excluding carboxylic acids is 1. The Kier molecular flexibility index (Phi) is 4.12. The second-order valence-corrected chi connectivity index (χ2v) is 3.28. The van der Waals surface area contributed by atoms with Crippen LogP contribution in [0.15, 0.2) is 24.3 Å². The molecule has 1 rings (SSSR count). The Morgan fingerprint density at radius 3 is 2.80 bits per heavy atom. The lowest BCUT2D eigenvalue weighted by molar-refractivity contribution is -0.150. The maximum Gasteiger partial charge on any atom is 0.334 e. The van der Waals surface area contributed by atoms with E-state index < -0.39 is 12.1 Å². The van der Waals surface area contributed by atoms with Crippen molar-refractivity contribution in [1.29, 1.82) is 0 Å². The third-order valence-corrected chi connectivity index (χ3v) is 2.22. The highest BCUT2D eigenvalue weighted by Crippen LogP contribution is 2.13. The van der Waals surface area contributed by atoms with Gasteiger partial charge in [-0.3, -0.25) is 0 Å². The van der Waals surface area contributed by atoms with Crippen LogP contribution in [0.25, 0.3) is 0 Å². The predicted molar refractivity (Wildman–Crippen MR) is 57.2 cm³/mol. The lowest BCUT2D eigenvalue weighted by Crippen LogP contribution is -2.22. The van der Waals surface area contributed by atoms with E-state index in [2.05, 4.69) is 4.74 Å². The Labute approximate surface area is 88.7 Å². The van der Waals surface area contributed by atoms with E-state index in [0.29, 0.717) is 18.5 Å². The van der Waals surface area contributed by atoms with Gasteiger partial charge in [-0.05, 0) is 24.5 Å². The third-order valence-electron chi connectivity index (χ3n) is 2.22. The average molecular weight is 209 g/mol. The quantitative estimate of drug-likeness (QED) is 0.566. The van der Waals surface area contributed by atoms with Crippen LogP contribution < -0.4 is 5.73 Å². The fourth-order valence-electron chi connectivity index (χ4n) is 1.31. The standard InChI is InChI=1S/C11H15NO3/c1-15-11(14)10(13)7-6-8-4-2-3-5-9(8)12/h2-5,10,13H,6-7,12H2,1H3/t10-/m1/s1. The Hall–Kier alpha value is -1.55. The van der Waals surface area contributed by atoms with Crippen molar-refractivity contribution in [3.8, 4) is 0 Å². The number of anilines is 1. The highest BCUT2D eigenvalue weighted by molar-refractivity contribution is 5.74. The van der Waals surface area contributed by atoms with Gasteiger partial charge in [0.05, 0.1) is 7.11 Å². The average Bonchev–Trinajstić information content (AvgIpc) is 2.26. The van der Waals surface area contributed by atoms with Crippen molar-refractivity contribution in [3.05, 3.63) is 29.8 Å². The number of aryl methyl sites for hydroxylation is 1. The van der Waals surface area contributed by atoms with Gasteiger partial charge in [-0.1, -0.05) is 18.2 Å². The molecule has 0 aliphatic carbocycles. The van der Waals surface area contributed by atoms with E-state index in [1.54, 1.807) is 6.07 Å². The molecule has 0 aromatic heterocycles. The molecule has 15 heavy (non-hydrogen) atoms. The van der Waals surface area contributed by atoms with E-state index in [4.69, 9.17) is 5.73 Å². The van der Waals surface area contributed by atoms with Crippen LogP contribution in [0.3, 0.4) is 0 Å². The number of ether oxygens (including phenoxy) is 1. The Balaban J connectivity index is 2.50. The molecule has 0 saturated carbocycles. The molecule has 0 amide bonds. The van der Waals surface area contributed by atoms with Gasteiger partial charge < -0.3 is 15.6 Å². The Bertz CT molecular complexity index is 338. The van der Waals surface area contributed by atoms with E-state index in [0.717, 1.165) is 5.56 Å². The van der Waals surface area contributed by atoms with Gasteiger partial charge in [-0.25, -0.2) is 4.79 Å². The second kappa shape index (κ2) is 5.36. The van der Waals surface area contributed by atoms with Crippen LogP contribution >= 0.6 is 0 Å². The summed E-state index contributed by atoms with van der Waals surface area (Å²) >= 11 is 0. The van der Waals surface area contributed by atoms with Gasteiger partial charge in [-0.2, -0.15) is 0 Å². The number of benzene rings is 1. The minimum atomic E-state index is -1.07. The van der Waals surface area contributed by atoms with Crippen molar-refractivity contribution in [3.63, 3.8) is 0 Å². The first-order chi connectivity index (χ1) is 7.15. The number of rotatable bonds is 4. The minimum Gasteiger partial charge on any atom is -0.467 e. The molecule has 0 aliphatic heterocycles. The molecule has 0 fully saturated rings. The smallest absolute Gasteiger partial charge is 0.334 e. The largest absolute Gasteiger partial charge is 0.467 e. The summed E-state index contributed by atoms with van der Waals surface area (Å²) in [5, 5.41) is 9.35. The number of methoxy groups -OCH3 is 1. The number of hydrogen-bond donors (Lipinski definition) is 2. The molecular formula is C11H15NO3. The Morgan fingerprint density at radius 2 is 2.20 bits per heavy atom. The Morgan fingerprint density at radius 1 is 1.53 bits per heavy atom. The summed E-state index contributed by atoms with van der Waals surface area (Å²) in [4.78, 5) is 10.9. The molecule has 0 unspecified atom stereocenters. The summed E-state index contributed by atoms with van der Waals surface area (Å²) in [6.45, 7) is 0. The van der Waals surface area contributed by atoms with Crippen molar-refractivity contribution in [2.24, 2.45) is 0 Å². The normalized spacial score (nSPS) is 12.1. The van der Waals surface area contributed by atoms with Crippen molar-refractivity contribution < 1.29 is 14.6 Å². The van der Waals surface area contributed by atoms with Gasteiger partial charge in [-0.15, -0.1) is 0 Å². The highest BCUT2D eigenvalue weighted by Gasteiger charge is 2.15. The molecule has 1 aromatic carbocycles. The molecular weight excluding hydrogens is 194 g/mol. The number of aliphatic hydroxyl groups is 1. The zero-order chi connectivity index (χ0) is 11.3. The van der Waals surface area contributed by atoms with E-state index in [1.165, 1.54) is 7.11 Å². The number of para-hydroxylation sites is 1. The number of nitrogens with two attached hydrogens (primary N) is 1. The second-order valence-electron chi connectivity index (χ2n) is 3.28. The highest BCUT2D eigenvalue weighted by atomic mass is 16.5. The van der Waals surface area contributed by atoms with Crippen LogP contribution in [0.1, 0.15) is 12.0 Å². The van der Waals surface area contributed by atoms with Crippen molar-refractivity contribution in [1.82, 2.24) is 0 Å². The summed E-state index contributed by atoms with van der Waals surface area (Å²) in [6.07, 6.45) is -0.196. The van der Waals surface area contributed by atoms with Gasteiger partial charge in [0.25, 0.3) is 0 Å². The molecule has 82 valence electrons. The first kappa shape index (κ1) is 11.5. The van der Waals surface area contributed by atoms with E-state index in [1.807, 2.05) is 18.2 Å². The molecule has 0 radical (unpaired) electrons. The summed E-state index contributed by atoms with van der Waals surface area (Å²) in [5.74, 6) is -0.607. The number of nitrogen functional groups attached to an aromatic ring is 1. The fourth-order valence-corrected chi connectivity index (χ4v) is 1.31. The zero-order valence-electron chi connectivity index (χ0n) is 8.64. The van der Waals surface area contributed by atoms with Crippen LogP contribution in [0.2, 0.25) is 0 Å². The number of carbonyl (C=O) groups is 1. The lowest BCUT2D eigenvalue weighted by Gasteiger charge is -2.09. The van der Waals surface area contributed by atoms with Gasteiger partial charge in [0.15, 0.2) is 6.10 Å². The molecule has 1 aromatic rings. The van der Waals surface area contributed by atoms with E-state index in [-0.39, 0.29) is 0 Å². The van der Waals surface area contributed by atoms with Crippen molar-refractivity contribution in [2.75, 3.05) is 12.8 Å². The number of esters is 1. The molecule has 0 bridgehead atoms. The first-order valence-electron chi connectivity index (χ1n) is 4.74. The van der Waals surface area contributed by atoms with Gasteiger partial charge in [0.1, 0.15) is 0 Å². The molecule has 0 spiro atoms. The summed E-state index contributed by atoms with van der Waals surface area (Å²) in [7, 11) is 1.25. The van der Waals surface area contributed by atoms with Crippen LogP contribution in [0.4, 0.5) is 5.69 Å². The molecule has 0 heterocycles. The number of aliphatic hydroxyl groups excluding tert-OH is 1. The zero-order valence-corrected chi connectivity index (χ0v) is 8.64. The van der Waals surface area contributed by atoms with Crippen molar-refractivity contribution in [2.45, 2.75) is 18.9 Å². The monoisotopic (exact) mass is 209 g/mol. The SMILES string of the molecule is COC(=O)[C@H](O)CCc1ccccc1N. The van der Waals surface area contributed by atoms with Gasteiger partial charge >= 0.3 is 5.97 Å². The fraction of sp³-hybridized carbons (Fsp3) is 0.364. The van der Waals surface area contributed by atoms with Gasteiger partial charge in [0, 0.05) is 5.69 Å². The van der Waals surface area contributed by atoms with Crippen molar-refractivity contribution >= 4 is 11.7 Å². The van der Waals surface area contributed by atoms with Crippen LogP contribution in [0.5, 0.6) is 0 Å². The lowest BCUT2D eigenvalue weighted by atomic mass is 10.1. The number of hydrogen-bond acceptors (Lipinski definition) is 4. The summed E-state index contributed by atoms with van der Waals surface area (Å²) < 4.78 is 4.41. The van der Waals surface area contributed by atoms with Crippen LogP contribution in [-0.2, 0) is 16.0 Å². The molecule has 4 heteroatoms. The van der Waals surface area contributed by atoms with Crippen LogP contribution in [-0.4, -0.2) is 24.3 Å². The minimum absolute atomic E-state index is 0.320. The molecule has 0 aliphatic rings. The van der Waals surface area contributed by atoms with E-state index >= 15 is 0 Å². The molecule has 3 N–H and O–H groups in total. The summed E-state index contributed by atoms with van der Waals surface area (Å²) in [5.41, 5.74) is 7.32. The molecule has 1 atom stereocenters. The van der Waals surface area contributed by atoms with Crippen LogP contribution in [0, 0.1) is 0 Å². The molecule has 4 nitrogen and oxygen atoms in total. The topological polar surface area (TPSA) is 72.5 Å². The predicted octanol–water partition coefficient (Wildman–Crippen LogP) is 0.735. The maximum absolute atomic E-state index is 10.9. The van der Waals surface area contributed by atoms with Gasteiger partial charge in [0.2, 0.25) is 0 Å². The molecule has 0 saturated heterocycles. The third kappa shape index (κ3) is 3.25. The summed E-state index contributed by atoms with van der Waals surface area (Å²) in [6, 6.07) is 7.38.